The topological polar surface area (TPSA) is 242 Å². The van der Waals surface area contributed by atoms with Gasteiger partial charge >= 0.3 is 11.9 Å². The standard InChI is InChI=1S/C17H23N5O7S2.C2H4O.2CH4O/c1-4-30-15-11(14(26)22(15)5-9(23)24)20-13(25)10(8-6-31-17(18)19-8)21-29-12(7(2)3)16(27)28;1-2-3;2*1-2/h6-7,11-12,15H,4-5H2,1-3H3,(H2,18,19)(H,20,25)(H,23,24)(H,27,28);2H,1H3;2*2H,1H3/p+1/b21-10-;;;. The van der Waals surface area contributed by atoms with Crippen molar-refractivity contribution in [1.82, 2.24) is 15.2 Å². The first-order valence-electron chi connectivity index (χ1n) is 10.9. The van der Waals surface area contributed by atoms with Crippen LogP contribution in [0.5, 0.6) is 0 Å². The number of hydrogen-bond acceptors (Lipinski definition) is 12. The van der Waals surface area contributed by atoms with Crippen LogP contribution in [0, 0.1) is 5.92 Å². The first-order chi connectivity index (χ1) is 18.0. The van der Waals surface area contributed by atoms with Crippen LogP contribution in [-0.2, 0) is 40.6 Å². The fourth-order valence-corrected chi connectivity index (χ4v) is 4.48. The Morgan fingerprint density at radius 2 is 1.84 bits per heavy atom. The number of nitrogens with one attached hydrogen (secondary N) is 1. The van der Waals surface area contributed by atoms with Crippen molar-refractivity contribution in [3.05, 3.63) is 11.1 Å². The van der Waals surface area contributed by atoms with Gasteiger partial charge in [-0.1, -0.05) is 19.0 Å². The molecule has 38 heavy (non-hydrogen) atoms. The van der Waals surface area contributed by atoms with Crippen LogP contribution >= 0.6 is 11.3 Å². The number of nitrogens with two attached hydrogens (primary N) is 1. The van der Waals surface area contributed by atoms with E-state index in [0.29, 0.717) is 5.75 Å². The Kier molecular flexibility index (Phi) is 19.2. The van der Waals surface area contributed by atoms with Crippen molar-refractivity contribution in [2.75, 3.05) is 32.3 Å². The maximum absolute atomic E-state index is 12.9. The zero-order valence-corrected chi connectivity index (χ0v) is 23.6. The summed E-state index contributed by atoms with van der Waals surface area (Å²) in [6.07, 6.45) is -0.554. The number of oxime groups is 1. The Labute approximate surface area is 228 Å². The molecule has 2 amide bonds. The number of carbonyl (C=O) groups excluding carboxylic acids is 3. The number of aldehydes is 1. The number of nitrogens with zero attached hydrogens (tertiary/aromatic N) is 3. The Morgan fingerprint density at radius 1 is 1.29 bits per heavy atom. The zero-order valence-electron chi connectivity index (χ0n) is 21.9. The van der Waals surface area contributed by atoms with Crippen molar-refractivity contribution in [3.8, 4) is 0 Å². The Morgan fingerprint density at radius 3 is 2.24 bits per heavy atom. The number of carbonyl (C=O) groups is 5. The van der Waals surface area contributed by atoms with Crippen LogP contribution in [0.1, 0.15) is 33.4 Å². The first-order valence-corrected chi connectivity index (χ1v) is 13.0. The van der Waals surface area contributed by atoms with E-state index in [-0.39, 0.29) is 16.5 Å². The minimum atomic E-state index is -1.30. The van der Waals surface area contributed by atoms with Crippen molar-refractivity contribution in [2.24, 2.45) is 11.1 Å². The summed E-state index contributed by atoms with van der Waals surface area (Å²) in [4.78, 5) is 66.7. The highest BCUT2D eigenvalue weighted by atomic mass is 32.2. The van der Waals surface area contributed by atoms with E-state index in [4.69, 9.17) is 30.7 Å². The minimum Gasteiger partial charge on any atom is -0.480 e. The molecule has 7 N–H and O–H groups in total. The van der Waals surface area contributed by atoms with E-state index in [2.05, 4.69) is 15.5 Å². The van der Waals surface area contributed by atoms with Crippen molar-refractivity contribution in [1.29, 1.82) is 0 Å². The van der Waals surface area contributed by atoms with E-state index < -0.39 is 53.7 Å². The number of aliphatic hydroxyl groups excluding tert-OH is 2. The number of aromatic nitrogens is 1. The highest BCUT2D eigenvalue weighted by molar-refractivity contribution is 7.79. The van der Waals surface area contributed by atoms with E-state index in [1.807, 2.05) is 6.92 Å². The van der Waals surface area contributed by atoms with Gasteiger partial charge < -0.3 is 41.1 Å². The molecule has 0 aromatic carbocycles. The molecule has 0 saturated carbocycles. The normalized spacial score (nSPS) is 16.7. The fourth-order valence-electron chi connectivity index (χ4n) is 2.75. The summed E-state index contributed by atoms with van der Waals surface area (Å²) in [7, 11) is 2.00. The molecular weight excluding hydrogens is 546 g/mol. The molecule has 1 aromatic heterocycles. The number of thiazole rings is 1. The number of anilines is 1. The summed E-state index contributed by atoms with van der Waals surface area (Å²) in [5.41, 5.74) is 5.35. The van der Waals surface area contributed by atoms with Gasteiger partial charge in [-0.15, -0.1) is 11.3 Å². The molecule has 0 bridgehead atoms. The molecule has 2 heterocycles. The van der Waals surface area contributed by atoms with E-state index in [1.54, 1.807) is 13.8 Å². The number of carboxylic acids is 2. The second-order valence-corrected chi connectivity index (χ2v) is 9.49. The quantitative estimate of drug-likeness (QED) is 0.0438. The van der Waals surface area contributed by atoms with Crippen molar-refractivity contribution in [3.63, 3.8) is 0 Å². The predicted octanol–water partition coefficient (Wildman–Crippen LogP) is -1.45. The van der Waals surface area contributed by atoms with E-state index in [1.165, 1.54) is 17.2 Å². The van der Waals surface area contributed by atoms with Crippen LogP contribution in [0.25, 0.3) is 0 Å². The SMILES string of the molecule is CC=O.CC[SH+]C1C(NC(=O)/C(=N\OC(C(=O)O)C(C)C)c2csc(N)n2)C(=O)N1CC(=O)O.CO.CO. The number of likely N-dealkylation sites (tertiary alicyclic amines) is 1. The highest BCUT2D eigenvalue weighted by Crippen LogP contribution is 2.22. The van der Waals surface area contributed by atoms with E-state index in [0.717, 1.165) is 43.6 Å². The molecule has 1 saturated heterocycles. The third-order valence-electron chi connectivity index (χ3n) is 4.21. The number of aliphatic carboxylic acids is 2. The van der Waals surface area contributed by atoms with E-state index in [9.17, 15) is 24.3 Å². The van der Waals surface area contributed by atoms with Gasteiger partial charge in [0.2, 0.25) is 11.5 Å². The van der Waals surface area contributed by atoms with Crippen LogP contribution in [0.4, 0.5) is 5.13 Å². The lowest BCUT2D eigenvalue weighted by Gasteiger charge is -2.41. The van der Waals surface area contributed by atoms with Gasteiger partial charge in [0.25, 0.3) is 11.8 Å². The van der Waals surface area contributed by atoms with Gasteiger partial charge in [0, 0.05) is 25.5 Å². The third kappa shape index (κ3) is 11.4. The molecule has 15 nitrogen and oxygen atoms in total. The van der Waals surface area contributed by atoms with Crippen LogP contribution in [-0.4, -0.2) is 110 Å². The monoisotopic (exact) mass is 582 g/mol. The number of nitrogen functional groups attached to an aromatic ring is 1. The van der Waals surface area contributed by atoms with Gasteiger partial charge in [-0.25, -0.2) is 9.78 Å². The molecule has 1 fully saturated rings. The smallest absolute Gasteiger partial charge is 0.348 e. The first kappa shape index (κ1) is 36.9. The molecule has 17 heteroatoms. The molecule has 3 unspecified atom stereocenters. The number of hydrogen-bond donors (Lipinski definition) is 6. The molecule has 0 aliphatic carbocycles. The summed E-state index contributed by atoms with van der Waals surface area (Å²) in [6, 6.07) is -0.949. The van der Waals surface area contributed by atoms with Crippen molar-refractivity contribution >= 4 is 64.0 Å². The van der Waals surface area contributed by atoms with Crippen LogP contribution in [0.3, 0.4) is 0 Å². The van der Waals surface area contributed by atoms with Gasteiger partial charge in [-0.2, -0.15) is 0 Å². The number of thiol groups is 1. The maximum atomic E-state index is 12.9. The molecule has 2 rings (SSSR count). The lowest BCUT2D eigenvalue weighted by molar-refractivity contribution is -0.155. The Bertz CT molecular complexity index is 941. The third-order valence-corrected chi connectivity index (χ3v) is 6.20. The number of carboxylic acid groups (broad SMARTS) is 2. The lowest BCUT2D eigenvalue weighted by atomic mass is 10.1. The molecule has 0 spiro atoms. The Hall–Kier alpha value is -3.28. The van der Waals surface area contributed by atoms with Crippen LogP contribution < -0.4 is 11.1 Å². The number of amides is 2. The summed E-state index contributed by atoms with van der Waals surface area (Å²) in [6.45, 7) is 6.07. The van der Waals surface area contributed by atoms with Crippen LogP contribution in [0.2, 0.25) is 0 Å². The largest absolute Gasteiger partial charge is 0.480 e. The van der Waals surface area contributed by atoms with Gasteiger partial charge in [-0.3, -0.25) is 19.3 Å². The molecule has 1 aliphatic heterocycles. The molecular formula is C21H36N5O10S2+. The van der Waals surface area contributed by atoms with Gasteiger partial charge in [0.1, 0.15) is 24.3 Å². The number of β-lactam (4-membered cyclic amide) rings is 1. The van der Waals surface area contributed by atoms with Crippen molar-refractivity contribution < 1.29 is 49.2 Å². The molecule has 216 valence electrons. The Balaban J connectivity index is 0. The summed E-state index contributed by atoms with van der Waals surface area (Å²) >= 11 is 1.81. The highest BCUT2D eigenvalue weighted by Gasteiger charge is 2.54. The fraction of sp³-hybridized carbons (Fsp3) is 0.571. The van der Waals surface area contributed by atoms with Gasteiger partial charge in [0.05, 0.1) is 0 Å². The molecule has 1 aliphatic rings. The molecule has 0 radical (unpaired) electrons. The lowest BCUT2D eigenvalue weighted by Crippen LogP contribution is -2.72. The van der Waals surface area contributed by atoms with E-state index >= 15 is 0 Å². The van der Waals surface area contributed by atoms with Crippen molar-refractivity contribution in [2.45, 2.75) is 45.2 Å². The summed E-state index contributed by atoms with van der Waals surface area (Å²) < 4.78 is 0. The molecule has 1 aromatic rings. The number of rotatable bonds is 11. The second kappa shape index (κ2) is 19.8. The van der Waals surface area contributed by atoms with Crippen LogP contribution in [0.15, 0.2) is 10.5 Å². The maximum Gasteiger partial charge on any atom is 0.348 e. The number of aliphatic hydroxyl groups is 2. The van der Waals surface area contributed by atoms with Gasteiger partial charge in [0.15, 0.2) is 16.9 Å². The molecule has 3 atom stereocenters. The zero-order chi connectivity index (χ0) is 30.0. The summed E-state index contributed by atoms with van der Waals surface area (Å²) in [5.74, 6) is -3.56. The minimum absolute atomic E-state index is 0.0617. The average Bonchev–Trinajstić information content (AvgIpc) is 3.30. The van der Waals surface area contributed by atoms with Gasteiger partial charge in [-0.05, 0) is 25.6 Å². The summed E-state index contributed by atoms with van der Waals surface area (Å²) in [5, 5.41) is 39.6. The second-order valence-electron chi connectivity index (χ2n) is 7.08. The predicted molar refractivity (Wildman–Crippen MR) is 143 cm³/mol. The average molecular weight is 583 g/mol.